The fraction of sp³-hybridized carbons (Fsp3) is 0.348. The summed E-state index contributed by atoms with van der Waals surface area (Å²) in [5.41, 5.74) is 3.45. The van der Waals surface area contributed by atoms with E-state index in [4.69, 9.17) is 5.26 Å². The van der Waals surface area contributed by atoms with Crippen molar-refractivity contribution in [2.45, 2.75) is 51.1 Å². The van der Waals surface area contributed by atoms with Crippen LogP contribution in [0.25, 0.3) is 0 Å². The molecule has 1 aliphatic carbocycles. The maximum Gasteiger partial charge on any atom is 0.330 e. The topological polar surface area (TPSA) is 93.4 Å². The van der Waals surface area contributed by atoms with Gasteiger partial charge in [-0.25, -0.2) is 4.79 Å². The molecule has 0 spiro atoms. The van der Waals surface area contributed by atoms with Gasteiger partial charge in [-0.3, -0.25) is 4.79 Å². The molecule has 0 saturated heterocycles. The van der Waals surface area contributed by atoms with E-state index >= 15 is 0 Å². The van der Waals surface area contributed by atoms with Crippen molar-refractivity contribution in [1.29, 1.82) is 5.26 Å². The number of carboxylic acids is 1. The molecule has 1 atom stereocenters. The van der Waals surface area contributed by atoms with Gasteiger partial charge < -0.3 is 15.3 Å². The second-order valence-corrected chi connectivity index (χ2v) is 7.34. The Morgan fingerprint density at radius 2 is 1.97 bits per heavy atom. The number of anilines is 2. The molecule has 1 saturated carbocycles. The van der Waals surface area contributed by atoms with Gasteiger partial charge in [0, 0.05) is 17.4 Å². The fourth-order valence-corrected chi connectivity index (χ4v) is 3.86. The molecular formula is C23H25N3O3. The van der Waals surface area contributed by atoms with Crippen LogP contribution in [0.5, 0.6) is 0 Å². The van der Waals surface area contributed by atoms with Crippen LogP contribution in [0.4, 0.5) is 11.4 Å². The first kappa shape index (κ1) is 20.4. The number of benzene rings is 2. The van der Waals surface area contributed by atoms with Crippen LogP contribution in [0.3, 0.4) is 0 Å². The van der Waals surface area contributed by atoms with Gasteiger partial charge >= 0.3 is 5.97 Å². The second kappa shape index (κ2) is 9.24. The number of hydrogen-bond donors (Lipinski definition) is 2. The summed E-state index contributed by atoms with van der Waals surface area (Å²) in [4.78, 5) is 25.6. The highest BCUT2D eigenvalue weighted by Crippen LogP contribution is 2.31. The average Bonchev–Trinajstić information content (AvgIpc) is 3.27. The number of amides is 1. The molecule has 0 aliphatic heterocycles. The predicted molar refractivity (Wildman–Crippen MR) is 112 cm³/mol. The third kappa shape index (κ3) is 4.75. The van der Waals surface area contributed by atoms with Crippen molar-refractivity contribution >= 4 is 23.8 Å². The van der Waals surface area contributed by atoms with Gasteiger partial charge in [0.2, 0.25) is 6.41 Å². The lowest BCUT2D eigenvalue weighted by Crippen LogP contribution is -2.32. The molecule has 0 heterocycles. The van der Waals surface area contributed by atoms with Gasteiger partial charge in [0.1, 0.15) is 0 Å². The van der Waals surface area contributed by atoms with Crippen LogP contribution in [-0.2, 0) is 16.0 Å². The molecule has 6 heteroatoms. The first-order valence-electron chi connectivity index (χ1n) is 9.92. The lowest BCUT2D eigenvalue weighted by molar-refractivity contribution is -0.138. The molecule has 6 nitrogen and oxygen atoms in total. The van der Waals surface area contributed by atoms with E-state index in [1.54, 1.807) is 35.2 Å². The van der Waals surface area contributed by atoms with Crippen LogP contribution in [0.15, 0.2) is 42.5 Å². The van der Waals surface area contributed by atoms with Crippen LogP contribution in [-0.4, -0.2) is 23.5 Å². The zero-order chi connectivity index (χ0) is 20.8. The van der Waals surface area contributed by atoms with Crippen LogP contribution < -0.4 is 10.2 Å². The van der Waals surface area contributed by atoms with Crippen LogP contribution in [0.1, 0.15) is 55.3 Å². The Kier molecular flexibility index (Phi) is 6.50. The van der Waals surface area contributed by atoms with Gasteiger partial charge in [0.25, 0.3) is 0 Å². The van der Waals surface area contributed by atoms with E-state index in [0.29, 0.717) is 16.8 Å². The Hall–Kier alpha value is -3.33. The van der Waals surface area contributed by atoms with E-state index in [0.717, 1.165) is 49.8 Å². The van der Waals surface area contributed by atoms with Gasteiger partial charge in [-0.05, 0) is 66.8 Å². The Labute approximate surface area is 170 Å². The summed E-state index contributed by atoms with van der Waals surface area (Å²) in [6.07, 6.45) is 5.74. The van der Waals surface area contributed by atoms with E-state index in [1.807, 2.05) is 25.1 Å². The van der Waals surface area contributed by atoms with Crippen molar-refractivity contribution < 1.29 is 14.7 Å². The van der Waals surface area contributed by atoms with E-state index in [2.05, 4.69) is 5.32 Å². The zero-order valence-corrected chi connectivity index (χ0v) is 16.5. The standard InChI is InChI=1S/C23H25N3O3/c1-2-16-11-18(13-21(12-16)26(15-27)20-5-3-4-6-20)22(23(28)29)25-19-9-7-17(14-24)8-10-19/h7-13,15,20,22,25H,2-6H2,1H3,(H,28,29). The molecule has 0 radical (unpaired) electrons. The lowest BCUT2D eigenvalue weighted by atomic mass is 10.00. The van der Waals surface area contributed by atoms with Gasteiger partial charge in [0.15, 0.2) is 6.04 Å². The number of carbonyl (C=O) groups is 2. The highest BCUT2D eigenvalue weighted by Gasteiger charge is 2.26. The molecule has 150 valence electrons. The normalized spacial score (nSPS) is 14.8. The van der Waals surface area contributed by atoms with Crippen molar-refractivity contribution in [2.24, 2.45) is 0 Å². The van der Waals surface area contributed by atoms with Crippen molar-refractivity contribution in [3.8, 4) is 6.07 Å². The number of nitrogens with one attached hydrogen (secondary N) is 1. The van der Waals surface area contributed by atoms with E-state index in [1.165, 1.54) is 0 Å². The van der Waals surface area contributed by atoms with Gasteiger partial charge in [-0.1, -0.05) is 25.8 Å². The molecule has 2 aromatic rings. The number of aliphatic carboxylic acids is 1. The quantitative estimate of drug-likeness (QED) is 0.656. The Morgan fingerprint density at radius 3 is 2.52 bits per heavy atom. The minimum Gasteiger partial charge on any atom is -0.479 e. The molecule has 2 aromatic carbocycles. The average molecular weight is 391 g/mol. The van der Waals surface area contributed by atoms with Crippen LogP contribution in [0, 0.1) is 11.3 Å². The largest absolute Gasteiger partial charge is 0.479 e. The van der Waals surface area contributed by atoms with Gasteiger partial charge in [-0.2, -0.15) is 5.26 Å². The predicted octanol–water partition coefficient (Wildman–Crippen LogP) is 4.26. The van der Waals surface area contributed by atoms with Crippen LogP contribution in [0.2, 0.25) is 0 Å². The molecule has 1 aliphatic rings. The third-order valence-electron chi connectivity index (χ3n) is 5.44. The van der Waals surface area contributed by atoms with Crippen molar-refractivity contribution in [3.05, 3.63) is 59.2 Å². The minimum absolute atomic E-state index is 0.169. The number of hydrogen-bond acceptors (Lipinski definition) is 4. The Morgan fingerprint density at radius 1 is 1.28 bits per heavy atom. The number of aryl methyl sites for hydroxylation is 1. The van der Waals surface area contributed by atoms with E-state index in [9.17, 15) is 14.7 Å². The van der Waals surface area contributed by atoms with Crippen molar-refractivity contribution in [3.63, 3.8) is 0 Å². The molecule has 0 bridgehead atoms. The molecule has 29 heavy (non-hydrogen) atoms. The maximum atomic E-state index is 12.0. The Balaban J connectivity index is 1.95. The summed E-state index contributed by atoms with van der Waals surface area (Å²) in [5.74, 6) is -1.01. The molecule has 1 amide bonds. The van der Waals surface area contributed by atoms with Crippen molar-refractivity contribution in [1.82, 2.24) is 0 Å². The summed E-state index contributed by atoms with van der Waals surface area (Å²) >= 11 is 0. The molecule has 3 rings (SSSR count). The zero-order valence-electron chi connectivity index (χ0n) is 16.5. The monoisotopic (exact) mass is 391 g/mol. The molecule has 1 fully saturated rings. The number of carbonyl (C=O) groups excluding carboxylic acids is 1. The van der Waals surface area contributed by atoms with Gasteiger partial charge in [0.05, 0.1) is 11.6 Å². The minimum atomic E-state index is -1.01. The molecule has 2 N–H and O–H groups in total. The van der Waals surface area contributed by atoms with Gasteiger partial charge in [-0.15, -0.1) is 0 Å². The lowest BCUT2D eigenvalue weighted by Gasteiger charge is -2.27. The SMILES string of the molecule is CCc1cc(C(Nc2ccc(C#N)cc2)C(=O)O)cc(N(C=O)C2CCCC2)c1. The summed E-state index contributed by atoms with van der Waals surface area (Å²) in [6.45, 7) is 2.01. The molecular weight excluding hydrogens is 366 g/mol. The first-order chi connectivity index (χ1) is 14.0. The van der Waals surface area contributed by atoms with Crippen molar-refractivity contribution in [2.75, 3.05) is 10.2 Å². The molecule has 1 unspecified atom stereocenters. The highest BCUT2D eigenvalue weighted by molar-refractivity contribution is 5.82. The Bertz CT molecular complexity index is 912. The highest BCUT2D eigenvalue weighted by atomic mass is 16.4. The number of rotatable bonds is 8. The van der Waals surface area contributed by atoms with Crippen LogP contribution >= 0.6 is 0 Å². The summed E-state index contributed by atoms with van der Waals surface area (Å²) in [5, 5.41) is 21.8. The smallest absolute Gasteiger partial charge is 0.330 e. The summed E-state index contributed by atoms with van der Waals surface area (Å²) in [7, 11) is 0. The number of carboxylic acid groups (broad SMARTS) is 1. The maximum absolute atomic E-state index is 12.0. The van der Waals surface area contributed by atoms with E-state index < -0.39 is 12.0 Å². The second-order valence-electron chi connectivity index (χ2n) is 7.34. The summed E-state index contributed by atoms with van der Waals surface area (Å²) < 4.78 is 0. The third-order valence-corrected chi connectivity index (χ3v) is 5.44. The number of nitrogens with zero attached hydrogens (tertiary/aromatic N) is 2. The molecule has 0 aromatic heterocycles. The number of nitriles is 1. The first-order valence-corrected chi connectivity index (χ1v) is 9.92. The summed E-state index contributed by atoms with van der Waals surface area (Å²) in [6, 6.07) is 13.5. The fourth-order valence-electron chi connectivity index (χ4n) is 3.86. The van der Waals surface area contributed by atoms with E-state index in [-0.39, 0.29) is 6.04 Å².